The summed E-state index contributed by atoms with van der Waals surface area (Å²) in [6.45, 7) is 7.82. The van der Waals surface area contributed by atoms with Gasteiger partial charge in [-0.25, -0.2) is 8.42 Å². The molecule has 2 aromatic carbocycles. The SMILES string of the molecule is Cc1ccc(S(=O)(=O)Nc2c(C)cccc2C(C)C)c(Cl)c1. The van der Waals surface area contributed by atoms with E-state index in [1.54, 1.807) is 12.1 Å². The number of rotatable bonds is 4. The van der Waals surface area contributed by atoms with Crippen LogP contribution in [0.1, 0.15) is 36.5 Å². The smallest absolute Gasteiger partial charge is 0.263 e. The summed E-state index contributed by atoms with van der Waals surface area (Å²) in [5.74, 6) is 0.214. The Balaban J connectivity index is 2.50. The first-order valence-electron chi connectivity index (χ1n) is 7.11. The van der Waals surface area contributed by atoms with Crippen molar-refractivity contribution in [1.29, 1.82) is 0 Å². The number of hydrogen-bond acceptors (Lipinski definition) is 2. The van der Waals surface area contributed by atoms with Gasteiger partial charge < -0.3 is 0 Å². The summed E-state index contributed by atoms with van der Waals surface area (Å²) in [5.41, 5.74) is 3.40. The van der Waals surface area contributed by atoms with Gasteiger partial charge >= 0.3 is 0 Å². The monoisotopic (exact) mass is 337 g/mol. The lowest BCUT2D eigenvalue weighted by Gasteiger charge is -2.18. The molecule has 2 rings (SSSR count). The predicted molar refractivity (Wildman–Crippen MR) is 92.3 cm³/mol. The maximum atomic E-state index is 12.7. The van der Waals surface area contributed by atoms with Crippen molar-refractivity contribution in [2.24, 2.45) is 0 Å². The van der Waals surface area contributed by atoms with E-state index in [0.717, 1.165) is 16.7 Å². The quantitative estimate of drug-likeness (QED) is 0.864. The number of nitrogens with one attached hydrogen (secondary N) is 1. The Morgan fingerprint density at radius 1 is 1.09 bits per heavy atom. The summed E-state index contributed by atoms with van der Waals surface area (Å²) in [7, 11) is -3.72. The van der Waals surface area contributed by atoms with Gasteiger partial charge in [0.1, 0.15) is 4.90 Å². The molecule has 0 fully saturated rings. The summed E-state index contributed by atoms with van der Waals surface area (Å²) in [6, 6.07) is 10.7. The normalized spacial score (nSPS) is 11.7. The highest BCUT2D eigenvalue weighted by molar-refractivity contribution is 7.92. The van der Waals surface area contributed by atoms with Gasteiger partial charge in [-0.15, -0.1) is 0 Å². The van der Waals surface area contributed by atoms with E-state index in [2.05, 4.69) is 4.72 Å². The Hall–Kier alpha value is -1.52. The minimum absolute atomic E-state index is 0.0951. The number of sulfonamides is 1. The van der Waals surface area contributed by atoms with Crippen LogP contribution in [0.25, 0.3) is 0 Å². The molecule has 0 spiro atoms. The zero-order valence-electron chi connectivity index (χ0n) is 13.1. The molecule has 3 nitrogen and oxygen atoms in total. The first-order valence-corrected chi connectivity index (χ1v) is 8.97. The second kappa shape index (κ2) is 6.31. The molecule has 0 saturated carbocycles. The molecule has 0 aromatic heterocycles. The summed E-state index contributed by atoms with van der Waals surface area (Å²) in [5, 5.41) is 0.229. The molecule has 0 saturated heterocycles. The molecule has 0 aliphatic carbocycles. The van der Waals surface area contributed by atoms with Crippen molar-refractivity contribution < 1.29 is 8.42 Å². The zero-order valence-corrected chi connectivity index (χ0v) is 14.7. The fourth-order valence-corrected chi connectivity index (χ4v) is 4.08. The van der Waals surface area contributed by atoms with Crippen molar-refractivity contribution in [2.45, 2.75) is 38.5 Å². The topological polar surface area (TPSA) is 46.2 Å². The molecule has 0 bridgehead atoms. The van der Waals surface area contributed by atoms with Gasteiger partial charge in [0.05, 0.1) is 10.7 Å². The van der Waals surface area contributed by atoms with Crippen LogP contribution < -0.4 is 4.72 Å². The summed E-state index contributed by atoms with van der Waals surface area (Å²) in [6.07, 6.45) is 0. The van der Waals surface area contributed by atoms with Crippen LogP contribution in [-0.4, -0.2) is 8.42 Å². The molecule has 0 radical (unpaired) electrons. The lowest BCUT2D eigenvalue weighted by atomic mass is 9.99. The maximum absolute atomic E-state index is 12.7. The predicted octanol–water partition coefficient (Wildman–Crippen LogP) is 4.88. The third-order valence-electron chi connectivity index (χ3n) is 3.54. The van der Waals surface area contributed by atoms with Gasteiger partial charge in [-0.2, -0.15) is 0 Å². The summed E-state index contributed by atoms with van der Waals surface area (Å²) < 4.78 is 28.0. The zero-order chi connectivity index (χ0) is 16.5. The van der Waals surface area contributed by atoms with E-state index in [-0.39, 0.29) is 15.8 Å². The van der Waals surface area contributed by atoms with Gasteiger partial charge in [0.15, 0.2) is 0 Å². The minimum Gasteiger partial charge on any atom is -0.279 e. The fraction of sp³-hybridized carbons (Fsp3) is 0.294. The number of hydrogen-bond donors (Lipinski definition) is 1. The van der Waals surface area contributed by atoms with Crippen molar-refractivity contribution in [1.82, 2.24) is 0 Å². The van der Waals surface area contributed by atoms with Gasteiger partial charge in [-0.05, 0) is 48.6 Å². The van der Waals surface area contributed by atoms with E-state index in [0.29, 0.717) is 5.69 Å². The molecule has 118 valence electrons. The second-order valence-corrected chi connectivity index (χ2v) is 7.79. The molecule has 0 unspecified atom stereocenters. The molecule has 5 heteroatoms. The second-order valence-electron chi connectivity index (χ2n) is 5.73. The standard InChI is InChI=1S/C17H20ClNO2S/c1-11(2)14-7-5-6-13(4)17(14)19-22(20,21)16-9-8-12(3)10-15(16)18/h5-11,19H,1-4H3. The Bertz CT molecular complexity index is 798. The van der Waals surface area contributed by atoms with Crippen LogP contribution in [0, 0.1) is 13.8 Å². The Kier molecular flexibility index (Phi) is 4.83. The number of benzene rings is 2. The fourth-order valence-electron chi connectivity index (χ4n) is 2.32. The van der Waals surface area contributed by atoms with Gasteiger partial charge in [0.25, 0.3) is 10.0 Å². The van der Waals surface area contributed by atoms with Gasteiger partial charge in [0.2, 0.25) is 0 Å². The Labute approximate surface area is 137 Å². The highest BCUT2D eigenvalue weighted by atomic mass is 35.5. The van der Waals surface area contributed by atoms with Gasteiger partial charge in [-0.3, -0.25) is 4.72 Å². The van der Waals surface area contributed by atoms with E-state index in [4.69, 9.17) is 11.6 Å². The molecule has 0 aliphatic heterocycles. The lowest BCUT2D eigenvalue weighted by Crippen LogP contribution is -2.16. The van der Waals surface area contributed by atoms with Gasteiger partial charge in [0, 0.05) is 0 Å². The van der Waals surface area contributed by atoms with Crippen LogP contribution in [-0.2, 0) is 10.0 Å². The average Bonchev–Trinajstić information content (AvgIpc) is 2.40. The lowest BCUT2D eigenvalue weighted by molar-refractivity contribution is 0.601. The van der Waals surface area contributed by atoms with E-state index < -0.39 is 10.0 Å². The van der Waals surface area contributed by atoms with E-state index in [1.807, 2.05) is 45.9 Å². The Morgan fingerprint density at radius 3 is 2.36 bits per heavy atom. The summed E-state index contributed by atoms with van der Waals surface area (Å²) in [4.78, 5) is 0.0951. The van der Waals surface area contributed by atoms with Crippen LogP contribution in [0.5, 0.6) is 0 Å². The average molecular weight is 338 g/mol. The third-order valence-corrected chi connectivity index (χ3v) is 5.37. The van der Waals surface area contributed by atoms with Crippen LogP contribution in [0.15, 0.2) is 41.3 Å². The Morgan fingerprint density at radius 2 is 1.77 bits per heavy atom. The molecule has 1 N–H and O–H groups in total. The molecule has 0 heterocycles. The summed E-state index contributed by atoms with van der Waals surface area (Å²) >= 11 is 6.10. The van der Waals surface area contributed by atoms with Crippen molar-refractivity contribution >= 4 is 27.3 Å². The molecule has 22 heavy (non-hydrogen) atoms. The number of aryl methyl sites for hydroxylation is 2. The van der Waals surface area contributed by atoms with Crippen molar-refractivity contribution in [2.75, 3.05) is 4.72 Å². The highest BCUT2D eigenvalue weighted by Crippen LogP contribution is 2.31. The largest absolute Gasteiger partial charge is 0.279 e. The first-order chi connectivity index (χ1) is 10.2. The van der Waals surface area contributed by atoms with Crippen molar-refractivity contribution in [3.63, 3.8) is 0 Å². The van der Waals surface area contributed by atoms with Crippen LogP contribution in [0.4, 0.5) is 5.69 Å². The van der Waals surface area contributed by atoms with Crippen LogP contribution in [0.2, 0.25) is 5.02 Å². The van der Waals surface area contributed by atoms with Crippen LogP contribution in [0.3, 0.4) is 0 Å². The number of halogens is 1. The van der Waals surface area contributed by atoms with E-state index >= 15 is 0 Å². The molecule has 2 aromatic rings. The molecular weight excluding hydrogens is 318 g/mol. The number of para-hydroxylation sites is 1. The maximum Gasteiger partial charge on any atom is 0.263 e. The van der Waals surface area contributed by atoms with Crippen LogP contribution >= 0.6 is 11.6 Å². The third kappa shape index (κ3) is 3.45. The van der Waals surface area contributed by atoms with Gasteiger partial charge in [-0.1, -0.05) is 49.7 Å². The van der Waals surface area contributed by atoms with E-state index in [9.17, 15) is 8.42 Å². The van der Waals surface area contributed by atoms with Crippen molar-refractivity contribution in [3.05, 3.63) is 58.1 Å². The van der Waals surface area contributed by atoms with E-state index in [1.165, 1.54) is 6.07 Å². The minimum atomic E-state index is -3.72. The molecular formula is C17H20ClNO2S. The molecule has 0 atom stereocenters. The first kappa shape index (κ1) is 16.8. The van der Waals surface area contributed by atoms with Crippen molar-refractivity contribution in [3.8, 4) is 0 Å². The highest BCUT2D eigenvalue weighted by Gasteiger charge is 2.21. The molecule has 0 aliphatic rings. The number of anilines is 1. The molecule has 0 amide bonds.